The Morgan fingerprint density at radius 2 is 1.90 bits per heavy atom. The van der Waals surface area contributed by atoms with Crippen LogP contribution >= 0.6 is 22.7 Å². The van der Waals surface area contributed by atoms with Crippen LogP contribution in [0.4, 0.5) is 0 Å². The summed E-state index contributed by atoms with van der Waals surface area (Å²) in [5, 5.41) is 12.4. The van der Waals surface area contributed by atoms with Crippen LogP contribution in [-0.4, -0.2) is 53.2 Å². The molecule has 4 nitrogen and oxygen atoms in total. The van der Waals surface area contributed by atoms with Crippen LogP contribution in [0.25, 0.3) is 32.3 Å². The molecule has 0 bridgehead atoms. The third kappa shape index (κ3) is 3.24. The van der Waals surface area contributed by atoms with Crippen LogP contribution < -0.4 is 0 Å². The van der Waals surface area contributed by atoms with E-state index in [0.29, 0.717) is 0 Å². The highest BCUT2D eigenvalue weighted by molar-refractivity contribution is 7.19. The van der Waals surface area contributed by atoms with Gasteiger partial charge >= 0.3 is 0 Å². The molecule has 0 unspecified atom stereocenters. The Morgan fingerprint density at radius 3 is 2.73 bits per heavy atom. The Labute approximate surface area is 184 Å². The second kappa shape index (κ2) is 7.46. The highest BCUT2D eigenvalue weighted by atomic mass is 32.1. The molecule has 1 fully saturated rings. The van der Waals surface area contributed by atoms with Crippen LogP contribution in [0.5, 0.6) is 0 Å². The summed E-state index contributed by atoms with van der Waals surface area (Å²) in [6, 6.07) is 13.6. The zero-order chi connectivity index (χ0) is 20.1. The Balaban J connectivity index is 1.25. The lowest BCUT2D eigenvalue weighted by atomic mass is 10.0. The first-order chi connectivity index (χ1) is 14.7. The monoisotopic (exact) mass is 432 g/mol. The number of nitrogens with one attached hydrogen (secondary N) is 1. The quantitative estimate of drug-likeness (QED) is 0.425. The van der Waals surface area contributed by atoms with Crippen molar-refractivity contribution in [3.8, 4) is 32.3 Å². The number of rotatable bonds is 4. The van der Waals surface area contributed by atoms with Gasteiger partial charge in [0.05, 0.1) is 10.6 Å². The summed E-state index contributed by atoms with van der Waals surface area (Å²) >= 11 is 3.58. The third-order valence-electron chi connectivity index (χ3n) is 6.32. The van der Waals surface area contributed by atoms with Crippen molar-refractivity contribution >= 4 is 22.7 Å². The van der Waals surface area contributed by atoms with Crippen molar-refractivity contribution in [2.24, 2.45) is 0 Å². The number of benzene rings is 1. The molecule has 1 aromatic carbocycles. The maximum absolute atomic E-state index is 4.70. The maximum Gasteiger partial charge on any atom is 0.106 e. The summed E-state index contributed by atoms with van der Waals surface area (Å²) in [7, 11) is 2.21. The first-order valence-electron chi connectivity index (χ1n) is 10.5. The predicted molar refractivity (Wildman–Crippen MR) is 126 cm³/mol. The zero-order valence-electron chi connectivity index (χ0n) is 17.0. The molecule has 4 aromatic rings. The second-order valence-electron chi connectivity index (χ2n) is 8.35. The number of piperazine rings is 1. The van der Waals surface area contributed by atoms with E-state index >= 15 is 0 Å². The number of H-pyrrole nitrogens is 1. The summed E-state index contributed by atoms with van der Waals surface area (Å²) in [5.74, 6) is 0. The molecule has 1 aliphatic heterocycles. The average molecular weight is 433 g/mol. The maximum atomic E-state index is 4.70. The van der Waals surface area contributed by atoms with Gasteiger partial charge in [-0.2, -0.15) is 16.4 Å². The van der Waals surface area contributed by atoms with E-state index in [4.69, 9.17) is 5.10 Å². The van der Waals surface area contributed by atoms with Crippen molar-refractivity contribution in [2.45, 2.75) is 13.0 Å². The van der Waals surface area contributed by atoms with Crippen LogP contribution in [0.2, 0.25) is 0 Å². The normalized spacial score (nSPS) is 16.7. The van der Waals surface area contributed by atoms with Crippen molar-refractivity contribution in [3.05, 3.63) is 63.8 Å². The van der Waals surface area contributed by atoms with Gasteiger partial charge in [0, 0.05) is 60.7 Å². The van der Waals surface area contributed by atoms with Crippen LogP contribution in [0, 0.1) is 0 Å². The number of aromatic amines is 1. The van der Waals surface area contributed by atoms with E-state index < -0.39 is 0 Å². The summed E-state index contributed by atoms with van der Waals surface area (Å²) in [4.78, 5) is 7.54. The van der Waals surface area contributed by atoms with Gasteiger partial charge in [-0.25, -0.2) is 0 Å². The number of nitrogens with zero attached hydrogens (tertiary/aromatic N) is 3. The molecule has 0 amide bonds. The number of fused-ring (bicyclic) bond motifs is 3. The van der Waals surface area contributed by atoms with E-state index in [0.717, 1.165) is 31.7 Å². The van der Waals surface area contributed by atoms with Crippen molar-refractivity contribution in [1.29, 1.82) is 0 Å². The molecule has 1 aliphatic carbocycles. The Morgan fingerprint density at radius 1 is 1.03 bits per heavy atom. The summed E-state index contributed by atoms with van der Waals surface area (Å²) in [6.07, 6.45) is 0.971. The topological polar surface area (TPSA) is 35.2 Å². The minimum Gasteiger partial charge on any atom is -0.304 e. The van der Waals surface area contributed by atoms with E-state index in [9.17, 15) is 0 Å². The van der Waals surface area contributed by atoms with Gasteiger partial charge in [0.2, 0.25) is 0 Å². The van der Waals surface area contributed by atoms with E-state index in [1.165, 1.54) is 56.4 Å². The van der Waals surface area contributed by atoms with Gasteiger partial charge in [0.15, 0.2) is 0 Å². The number of thiophene rings is 2. The number of hydrogen-bond acceptors (Lipinski definition) is 5. The van der Waals surface area contributed by atoms with E-state index in [-0.39, 0.29) is 0 Å². The molecule has 0 radical (unpaired) electrons. The fraction of sp³-hybridized carbons (Fsp3) is 0.292. The van der Waals surface area contributed by atoms with E-state index in [1.54, 1.807) is 11.3 Å². The van der Waals surface area contributed by atoms with Crippen LogP contribution in [0.1, 0.15) is 16.7 Å². The van der Waals surface area contributed by atoms with Crippen LogP contribution in [0.3, 0.4) is 0 Å². The molecule has 152 valence electrons. The van der Waals surface area contributed by atoms with Gasteiger partial charge in [-0.05, 0) is 47.1 Å². The number of aromatic nitrogens is 2. The molecule has 1 saturated heterocycles. The van der Waals surface area contributed by atoms with Gasteiger partial charge < -0.3 is 4.90 Å². The Hall–Kier alpha value is -2.25. The molecule has 0 saturated carbocycles. The SMILES string of the molecule is CN1CCN(Cc2ccc3c(c2)Cc2c(-c4ccc(-c5ccsc5)s4)n[nH]c2-3)CC1. The van der Waals surface area contributed by atoms with Crippen molar-refractivity contribution in [3.63, 3.8) is 0 Å². The van der Waals surface area contributed by atoms with Gasteiger partial charge in [0.25, 0.3) is 0 Å². The molecule has 6 rings (SSSR count). The minimum absolute atomic E-state index is 0.971. The lowest BCUT2D eigenvalue weighted by Gasteiger charge is -2.32. The van der Waals surface area contributed by atoms with Crippen molar-refractivity contribution < 1.29 is 0 Å². The molecule has 0 spiro atoms. The van der Waals surface area contributed by atoms with E-state index in [1.807, 2.05) is 11.3 Å². The third-order valence-corrected chi connectivity index (χ3v) is 8.14. The van der Waals surface area contributed by atoms with Gasteiger partial charge in [0.1, 0.15) is 5.69 Å². The van der Waals surface area contributed by atoms with Crippen LogP contribution in [0.15, 0.2) is 47.2 Å². The second-order valence-corrected chi connectivity index (χ2v) is 10.2. The van der Waals surface area contributed by atoms with Crippen molar-refractivity contribution in [2.75, 3.05) is 33.2 Å². The van der Waals surface area contributed by atoms with Gasteiger partial charge in [-0.15, -0.1) is 11.3 Å². The molecule has 30 heavy (non-hydrogen) atoms. The first kappa shape index (κ1) is 18.5. The molecule has 3 aromatic heterocycles. The molecule has 4 heterocycles. The zero-order valence-corrected chi connectivity index (χ0v) is 18.7. The number of likely N-dealkylation sites (N-methyl/N-ethyl adjacent to an activating group) is 1. The first-order valence-corrected chi connectivity index (χ1v) is 12.2. The Bertz CT molecular complexity index is 1180. The summed E-state index contributed by atoms with van der Waals surface area (Å²) in [6.45, 7) is 5.70. The standard InChI is InChI=1S/C24H24N4S2/c1-27-7-9-28(10-8-27)14-16-2-3-19-18(12-16)13-20-23(19)25-26-24(20)22-5-4-21(30-22)17-6-11-29-15-17/h2-6,11-12,15H,7-10,13-14H2,1H3,(H,25,26). The lowest BCUT2D eigenvalue weighted by molar-refractivity contribution is 0.148. The largest absolute Gasteiger partial charge is 0.304 e. The summed E-state index contributed by atoms with van der Waals surface area (Å²) < 4.78 is 0. The van der Waals surface area contributed by atoms with Crippen molar-refractivity contribution in [1.82, 2.24) is 20.0 Å². The van der Waals surface area contributed by atoms with Gasteiger partial charge in [-0.1, -0.05) is 18.2 Å². The molecule has 1 N–H and O–H groups in total. The average Bonchev–Trinajstić information content (AvgIpc) is 3.53. The number of hydrogen-bond donors (Lipinski definition) is 1. The molecular weight excluding hydrogens is 408 g/mol. The molecule has 2 aliphatic rings. The van der Waals surface area contributed by atoms with Gasteiger partial charge in [-0.3, -0.25) is 10.00 Å². The predicted octanol–water partition coefficient (Wildman–Crippen LogP) is 5.19. The molecule has 6 heteroatoms. The molecule has 0 atom stereocenters. The highest BCUT2D eigenvalue weighted by Gasteiger charge is 2.26. The lowest BCUT2D eigenvalue weighted by Crippen LogP contribution is -2.43. The smallest absolute Gasteiger partial charge is 0.106 e. The molecular formula is C24H24N4S2. The van der Waals surface area contributed by atoms with E-state index in [2.05, 4.69) is 69.1 Å². The Kier molecular flexibility index (Phi) is 4.61. The highest BCUT2D eigenvalue weighted by Crippen LogP contribution is 2.43. The minimum atomic E-state index is 0.971. The summed E-state index contributed by atoms with van der Waals surface area (Å²) in [5.41, 5.74) is 9.15. The fourth-order valence-electron chi connectivity index (χ4n) is 4.58. The fourth-order valence-corrected chi connectivity index (χ4v) is 6.33. The van der Waals surface area contributed by atoms with Crippen LogP contribution in [-0.2, 0) is 13.0 Å².